The molecule has 2 heterocycles. The maximum atomic E-state index is 7.18. The molecule has 1 aliphatic heterocycles. The van der Waals surface area contributed by atoms with E-state index in [1.54, 1.807) is 0 Å². The number of ether oxygens (including phenoxy) is 1. The first kappa shape index (κ1) is 56.4. The average molecular weight is 1140 g/mol. The van der Waals surface area contributed by atoms with Gasteiger partial charge in [-0.3, -0.25) is 0 Å². The lowest BCUT2D eigenvalue weighted by Crippen LogP contribution is -2.27. The molecule has 5 aliphatic rings. The molecule has 87 heavy (non-hydrogen) atoms. The van der Waals surface area contributed by atoms with E-state index >= 15 is 0 Å². The van der Waals surface area contributed by atoms with Gasteiger partial charge in [-0.2, -0.15) is 0 Å². The Kier molecular flexibility index (Phi) is 14.7. The molecule has 0 fully saturated rings. The first-order valence-corrected chi connectivity index (χ1v) is 32.7. The predicted molar refractivity (Wildman–Crippen MR) is 369 cm³/mol. The summed E-state index contributed by atoms with van der Waals surface area (Å²) in [4.78, 5) is 2.52. The lowest BCUT2D eigenvalue weighted by Gasteiger charge is -2.35. The number of fused-ring (bicyclic) bond motifs is 17. The zero-order valence-electron chi connectivity index (χ0n) is 52.1. The number of anilines is 2. The predicted octanol–water partition coefficient (Wildman–Crippen LogP) is 23.7. The summed E-state index contributed by atoms with van der Waals surface area (Å²) in [5.41, 5.74) is 27.6. The SMILES string of the molecule is C=C/C=C(\C(=C)c1ccccc1)N(c1ccc2c(c1)C(C)(C)c1cc3c(cc1-2)C(C)(C)c1ccc2oc4ccccc4c2c1-3)c1ccc2c(c1)C(CCCCCCC)(CCCCCCCC)c1cc(-c3ccccc3)c3c(c1-2)C1C=CC=CC(=C1)CO3. The highest BCUT2D eigenvalue weighted by Crippen LogP contribution is 2.63. The lowest BCUT2D eigenvalue weighted by molar-refractivity contribution is 0.356. The van der Waals surface area contributed by atoms with Crippen LogP contribution in [0.5, 0.6) is 5.75 Å². The van der Waals surface area contributed by atoms with Gasteiger partial charge in [-0.25, -0.2) is 0 Å². The fourth-order valence-electron chi connectivity index (χ4n) is 16.2. The zero-order chi connectivity index (χ0) is 59.6. The van der Waals surface area contributed by atoms with E-state index in [0.29, 0.717) is 6.61 Å². The molecule has 2 unspecified atom stereocenters. The van der Waals surface area contributed by atoms with Gasteiger partial charge in [-0.1, -0.05) is 259 Å². The van der Waals surface area contributed by atoms with Crippen molar-refractivity contribution >= 4 is 38.9 Å². The molecule has 0 amide bonds. The third-order valence-corrected chi connectivity index (χ3v) is 20.6. The Balaban J connectivity index is 0.974. The minimum atomic E-state index is -0.324. The van der Waals surface area contributed by atoms with Crippen LogP contribution in [0.25, 0.3) is 72.0 Å². The van der Waals surface area contributed by atoms with Crippen molar-refractivity contribution in [1.82, 2.24) is 0 Å². The quantitative estimate of drug-likeness (QED) is 0.0562. The topological polar surface area (TPSA) is 25.6 Å². The number of rotatable bonds is 20. The first-order chi connectivity index (χ1) is 42.5. The van der Waals surface area contributed by atoms with Crippen molar-refractivity contribution in [3.05, 3.63) is 263 Å². The second-order valence-electron chi connectivity index (χ2n) is 26.6. The van der Waals surface area contributed by atoms with E-state index in [1.165, 1.54) is 164 Å². The average Bonchev–Trinajstić information content (AvgIpc) is 1.67. The smallest absolute Gasteiger partial charge is 0.136 e. The molecule has 1 aromatic heterocycles. The van der Waals surface area contributed by atoms with E-state index in [-0.39, 0.29) is 22.2 Å². The van der Waals surface area contributed by atoms with E-state index in [2.05, 4.69) is 241 Å². The lowest BCUT2D eigenvalue weighted by atomic mass is 9.69. The molecular weight excluding hydrogens is 1050 g/mol. The Morgan fingerprint density at radius 1 is 0.563 bits per heavy atom. The zero-order valence-corrected chi connectivity index (χ0v) is 52.1. The summed E-state index contributed by atoms with van der Waals surface area (Å²) >= 11 is 0. The van der Waals surface area contributed by atoms with Gasteiger partial charge in [0.2, 0.25) is 0 Å². The second kappa shape index (κ2) is 22.7. The van der Waals surface area contributed by atoms with Crippen LogP contribution in [0.2, 0.25) is 0 Å². The summed E-state index contributed by atoms with van der Waals surface area (Å²) < 4.78 is 13.7. The Morgan fingerprint density at radius 2 is 1.18 bits per heavy atom. The summed E-state index contributed by atoms with van der Waals surface area (Å²) in [6.07, 6.45) is 31.5. The molecular formula is C84H83NO2. The number of furan rings is 1. The highest BCUT2D eigenvalue weighted by molar-refractivity contribution is 6.15. The molecule has 436 valence electrons. The molecule has 0 N–H and O–H groups in total. The van der Waals surface area contributed by atoms with Crippen LogP contribution in [-0.2, 0) is 16.2 Å². The molecule has 2 bridgehead atoms. The molecule has 0 saturated heterocycles. The fourth-order valence-corrected chi connectivity index (χ4v) is 16.2. The minimum Gasteiger partial charge on any atom is -0.488 e. The highest BCUT2D eigenvalue weighted by Gasteiger charge is 2.47. The van der Waals surface area contributed by atoms with Crippen molar-refractivity contribution in [3.8, 4) is 50.3 Å². The van der Waals surface area contributed by atoms with Crippen molar-refractivity contribution in [1.29, 1.82) is 0 Å². The molecule has 14 rings (SSSR count). The van der Waals surface area contributed by atoms with Crippen LogP contribution < -0.4 is 9.64 Å². The van der Waals surface area contributed by atoms with E-state index in [9.17, 15) is 0 Å². The molecule has 9 aromatic rings. The van der Waals surface area contributed by atoms with Gasteiger partial charge in [0, 0.05) is 55.4 Å². The molecule has 4 aliphatic carbocycles. The Bertz CT molecular complexity index is 4320. The monoisotopic (exact) mass is 1140 g/mol. The second-order valence-corrected chi connectivity index (χ2v) is 26.6. The number of para-hydroxylation sites is 1. The van der Waals surface area contributed by atoms with Crippen molar-refractivity contribution in [2.24, 2.45) is 0 Å². The van der Waals surface area contributed by atoms with Crippen LogP contribution in [0.4, 0.5) is 11.4 Å². The van der Waals surface area contributed by atoms with Crippen LogP contribution in [0.1, 0.15) is 175 Å². The number of nitrogens with zero attached hydrogens (tertiary/aromatic N) is 1. The number of allylic oxidation sites excluding steroid dienone is 7. The number of benzene rings is 8. The highest BCUT2D eigenvalue weighted by atomic mass is 16.5. The van der Waals surface area contributed by atoms with Crippen LogP contribution >= 0.6 is 0 Å². The summed E-state index contributed by atoms with van der Waals surface area (Å²) in [6.45, 7) is 24.2. The standard InChI is InChI=1S/C84H83NO2/c1-9-12-14-16-18-30-47-84(46-29-17-15-13-10-2)72-50-61(41-43-63(72)78-73(84)51-65(58-35-23-20-24-36-58)81-77(78)59-37-26-25-32-56(48-59)54-86-81)85(74(31-11-3)55(4)57-33-21-19-22-34-57)60-40-42-62-66-52-71-67(53-70(66)83(7,8)69(62)49-60)79-68(82(71,5)6)44-45-76-80(79)64-38-27-28-39-75(64)87-76/h11,19-28,31-45,48-53,59H,3-4,9-10,12-18,29-30,46-47,54H2,1-2,5-8H3/b74-31+. The molecule has 2 atom stereocenters. The molecule has 0 saturated carbocycles. The Hall–Kier alpha value is -8.40. The maximum absolute atomic E-state index is 7.18. The largest absolute Gasteiger partial charge is 0.488 e. The number of hydrogen-bond acceptors (Lipinski definition) is 3. The van der Waals surface area contributed by atoms with Gasteiger partial charge in [0.25, 0.3) is 0 Å². The van der Waals surface area contributed by atoms with Gasteiger partial charge in [0.05, 0.1) is 5.70 Å². The molecule has 3 nitrogen and oxygen atoms in total. The van der Waals surface area contributed by atoms with Crippen molar-refractivity contribution in [2.45, 2.75) is 147 Å². The van der Waals surface area contributed by atoms with Gasteiger partial charge < -0.3 is 14.1 Å². The van der Waals surface area contributed by atoms with Gasteiger partial charge in [-0.05, 0) is 163 Å². The molecule has 8 aromatic carbocycles. The van der Waals surface area contributed by atoms with E-state index < -0.39 is 0 Å². The van der Waals surface area contributed by atoms with Crippen molar-refractivity contribution in [2.75, 3.05) is 11.5 Å². The van der Waals surface area contributed by atoms with Crippen LogP contribution in [0.15, 0.2) is 223 Å². The third kappa shape index (κ3) is 9.37. The maximum Gasteiger partial charge on any atom is 0.136 e. The van der Waals surface area contributed by atoms with Gasteiger partial charge in [-0.15, -0.1) is 0 Å². The molecule has 3 heteroatoms. The van der Waals surface area contributed by atoms with Crippen LogP contribution in [-0.4, -0.2) is 6.61 Å². The molecule has 0 spiro atoms. The first-order valence-electron chi connectivity index (χ1n) is 32.7. The normalized spacial score (nSPS) is 17.7. The number of hydrogen-bond donors (Lipinski definition) is 0. The summed E-state index contributed by atoms with van der Waals surface area (Å²) in [7, 11) is 0. The van der Waals surface area contributed by atoms with Crippen LogP contribution in [0.3, 0.4) is 0 Å². The summed E-state index contributed by atoms with van der Waals surface area (Å²) in [5.74, 6) is 1.07. The van der Waals surface area contributed by atoms with Crippen molar-refractivity contribution < 1.29 is 9.15 Å². The van der Waals surface area contributed by atoms with Gasteiger partial charge in [0.15, 0.2) is 0 Å². The van der Waals surface area contributed by atoms with E-state index in [0.717, 1.165) is 64.4 Å². The van der Waals surface area contributed by atoms with Gasteiger partial charge >= 0.3 is 0 Å². The number of unbranched alkanes of at least 4 members (excludes halogenated alkanes) is 9. The Morgan fingerprint density at radius 3 is 1.92 bits per heavy atom. The third-order valence-electron chi connectivity index (χ3n) is 20.6. The van der Waals surface area contributed by atoms with Crippen molar-refractivity contribution in [3.63, 3.8) is 0 Å². The summed E-state index contributed by atoms with van der Waals surface area (Å²) in [5, 5.41) is 2.39. The Labute approximate surface area is 517 Å². The van der Waals surface area contributed by atoms with Gasteiger partial charge in [0.1, 0.15) is 23.5 Å². The van der Waals surface area contributed by atoms with E-state index in [4.69, 9.17) is 15.7 Å². The minimum absolute atomic E-state index is 0.0482. The summed E-state index contributed by atoms with van der Waals surface area (Å²) in [6, 6.07) is 57.4. The fraction of sp³-hybridized carbons (Fsp3) is 0.286. The van der Waals surface area contributed by atoms with Crippen LogP contribution in [0, 0.1) is 0 Å². The van der Waals surface area contributed by atoms with E-state index in [1.807, 2.05) is 6.08 Å². The molecule has 0 radical (unpaired) electrons.